The number of amides is 1. The summed E-state index contributed by atoms with van der Waals surface area (Å²) in [4.78, 5) is 10.8. The first-order chi connectivity index (χ1) is 4.95. The fourth-order valence-corrected chi connectivity index (χ4v) is 0.656. The fourth-order valence-electron chi connectivity index (χ4n) is 0.656. The second kappa shape index (κ2) is 6.26. The van der Waals surface area contributed by atoms with E-state index in [2.05, 4.69) is 26.5 Å². The van der Waals surface area contributed by atoms with E-state index in [0.29, 0.717) is 6.42 Å². The number of carbonyl (C=O) groups is 1. The van der Waals surface area contributed by atoms with Gasteiger partial charge < -0.3 is 22.2 Å². The van der Waals surface area contributed by atoms with Gasteiger partial charge in [-0.3, -0.25) is 4.79 Å². The smallest absolute Gasteiger partial charge is 0.219 e. The molecule has 0 saturated carbocycles. The van der Waals surface area contributed by atoms with Crippen molar-refractivity contribution in [2.24, 2.45) is 0 Å². The second-order valence-electron chi connectivity index (χ2n) is 3.72. The summed E-state index contributed by atoms with van der Waals surface area (Å²) >= 11 is 0. The number of nitrogens with zero attached hydrogens (tertiary/aromatic N) is 1. The summed E-state index contributed by atoms with van der Waals surface area (Å²) in [6, 6.07) is 0. The maximum Gasteiger partial charge on any atom is 0.219 e. The van der Waals surface area contributed by atoms with Gasteiger partial charge in [-0.2, -0.15) is 0 Å². The van der Waals surface area contributed by atoms with Crippen molar-refractivity contribution in [1.82, 2.24) is 5.32 Å². The Morgan fingerprint density at radius 2 is 1.83 bits per heavy atom. The van der Waals surface area contributed by atoms with Crippen molar-refractivity contribution in [2.75, 3.05) is 34.2 Å². The molecule has 0 fully saturated rings. The summed E-state index contributed by atoms with van der Waals surface area (Å²) in [5.74, 6) is 0.137. The van der Waals surface area contributed by atoms with Crippen LogP contribution in [-0.2, 0) is 4.79 Å². The normalized spacial score (nSPS) is 10.3. The zero-order valence-corrected chi connectivity index (χ0v) is 9.11. The average molecular weight is 195 g/mol. The minimum Gasteiger partial charge on any atom is -1.00 e. The van der Waals surface area contributed by atoms with Crippen molar-refractivity contribution in [3.05, 3.63) is 0 Å². The second-order valence-corrected chi connectivity index (χ2v) is 3.72. The number of quaternary nitrogens is 1. The molecule has 0 aliphatic heterocycles. The molecule has 0 saturated heterocycles. The third kappa shape index (κ3) is 9.72. The van der Waals surface area contributed by atoms with E-state index < -0.39 is 0 Å². The van der Waals surface area contributed by atoms with E-state index in [4.69, 9.17) is 0 Å². The lowest BCUT2D eigenvalue weighted by Gasteiger charge is -2.23. The van der Waals surface area contributed by atoms with Gasteiger partial charge in [-0.1, -0.05) is 6.92 Å². The number of rotatable bonds is 4. The zero-order chi connectivity index (χ0) is 8.91. The Morgan fingerprint density at radius 3 is 2.17 bits per heavy atom. The quantitative estimate of drug-likeness (QED) is 0.483. The van der Waals surface area contributed by atoms with Crippen LogP contribution in [0.4, 0.5) is 0 Å². The van der Waals surface area contributed by atoms with Crippen molar-refractivity contribution >= 4 is 5.91 Å². The monoisotopic (exact) mass is 194 g/mol. The van der Waals surface area contributed by atoms with Crippen molar-refractivity contribution in [3.63, 3.8) is 0 Å². The van der Waals surface area contributed by atoms with Crippen LogP contribution < -0.4 is 17.7 Å². The lowest BCUT2D eigenvalue weighted by Crippen LogP contribution is -3.00. The third-order valence-corrected chi connectivity index (χ3v) is 1.43. The molecule has 0 aromatic heterocycles. The third-order valence-electron chi connectivity index (χ3n) is 1.43. The lowest BCUT2D eigenvalue weighted by atomic mass is 10.4. The van der Waals surface area contributed by atoms with Crippen LogP contribution in [0.25, 0.3) is 0 Å². The topological polar surface area (TPSA) is 29.1 Å². The molecule has 1 N–H and O–H groups in total. The van der Waals surface area contributed by atoms with Crippen molar-refractivity contribution < 1.29 is 21.7 Å². The molecule has 0 heterocycles. The Bertz CT molecular complexity index is 132. The Balaban J connectivity index is 0. The van der Waals surface area contributed by atoms with Gasteiger partial charge in [0.2, 0.25) is 5.91 Å². The van der Waals surface area contributed by atoms with Gasteiger partial charge in [0.1, 0.15) is 0 Å². The van der Waals surface area contributed by atoms with Crippen LogP contribution in [0.3, 0.4) is 0 Å². The van der Waals surface area contributed by atoms with Gasteiger partial charge in [0.05, 0.1) is 34.2 Å². The van der Waals surface area contributed by atoms with E-state index >= 15 is 0 Å². The Morgan fingerprint density at radius 1 is 1.33 bits per heavy atom. The number of hydrogen-bond acceptors (Lipinski definition) is 1. The number of nitrogens with one attached hydrogen (secondary N) is 1. The van der Waals surface area contributed by atoms with Gasteiger partial charge in [0.25, 0.3) is 0 Å². The molecule has 0 radical (unpaired) electrons. The highest BCUT2D eigenvalue weighted by molar-refractivity contribution is 5.75. The summed E-state index contributed by atoms with van der Waals surface area (Å²) in [6.45, 7) is 3.61. The van der Waals surface area contributed by atoms with Crippen LogP contribution in [-0.4, -0.2) is 44.6 Å². The highest BCUT2D eigenvalue weighted by atomic mass is 35.5. The van der Waals surface area contributed by atoms with Gasteiger partial charge in [0.15, 0.2) is 0 Å². The maximum absolute atomic E-state index is 10.8. The molecule has 0 aromatic rings. The molecule has 0 rings (SSSR count). The maximum atomic E-state index is 10.8. The largest absolute Gasteiger partial charge is 1.00 e. The predicted octanol–water partition coefficient (Wildman–Crippen LogP) is -2.78. The van der Waals surface area contributed by atoms with Crippen molar-refractivity contribution in [1.29, 1.82) is 0 Å². The van der Waals surface area contributed by atoms with Gasteiger partial charge in [-0.05, 0) is 0 Å². The van der Waals surface area contributed by atoms with E-state index in [0.717, 1.165) is 17.6 Å². The molecular weight excluding hydrogens is 176 g/mol. The van der Waals surface area contributed by atoms with Gasteiger partial charge >= 0.3 is 0 Å². The summed E-state index contributed by atoms with van der Waals surface area (Å²) in [7, 11) is 6.33. The molecule has 3 nitrogen and oxygen atoms in total. The first-order valence-electron chi connectivity index (χ1n) is 4.03. The SMILES string of the molecule is CCC(=O)NCC[N+](C)(C)C.[Cl-]. The molecule has 0 spiro atoms. The van der Waals surface area contributed by atoms with E-state index in [1.54, 1.807) is 0 Å². The van der Waals surface area contributed by atoms with E-state index in [1.165, 1.54) is 0 Å². The molecule has 1 amide bonds. The Kier molecular flexibility index (Phi) is 7.44. The lowest BCUT2D eigenvalue weighted by molar-refractivity contribution is -0.869. The molecule has 0 bridgehead atoms. The minimum absolute atomic E-state index is 0. The molecule has 0 atom stereocenters. The number of carbonyl (C=O) groups excluding carboxylic acids is 1. The standard InChI is InChI=1S/C8H18N2O.ClH/c1-5-8(11)9-6-7-10(2,3)4;/h5-7H2,1-4H3;1H. The molecule has 12 heavy (non-hydrogen) atoms. The van der Waals surface area contributed by atoms with Crippen molar-refractivity contribution in [2.45, 2.75) is 13.3 Å². The molecular formula is C8H19ClN2O. The number of hydrogen-bond donors (Lipinski definition) is 1. The summed E-state index contributed by atoms with van der Waals surface area (Å²) in [5.41, 5.74) is 0. The van der Waals surface area contributed by atoms with E-state index in [9.17, 15) is 4.79 Å². The summed E-state index contributed by atoms with van der Waals surface area (Å²) in [6.07, 6.45) is 0.580. The van der Waals surface area contributed by atoms with Gasteiger partial charge in [-0.25, -0.2) is 0 Å². The van der Waals surface area contributed by atoms with Crippen LogP contribution in [0.1, 0.15) is 13.3 Å². The molecule has 74 valence electrons. The molecule has 0 aliphatic rings. The summed E-state index contributed by atoms with van der Waals surface area (Å²) in [5, 5.41) is 2.83. The Hall–Kier alpha value is -0.280. The first kappa shape index (κ1) is 14.3. The van der Waals surface area contributed by atoms with Gasteiger partial charge in [0, 0.05) is 6.42 Å². The molecule has 0 unspecified atom stereocenters. The number of halogens is 1. The van der Waals surface area contributed by atoms with Crippen molar-refractivity contribution in [3.8, 4) is 0 Å². The van der Waals surface area contributed by atoms with Gasteiger partial charge in [-0.15, -0.1) is 0 Å². The Labute approximate surface area is 81.1 Å². The predicted molar refractivity (Wildman–Crippen MR) is 46.2 cm³/mol. The molecule has 0 aliphatic carbocycles. The highest BCUT2D eigenvalue weighted by Gasteiger charge is 2.06. The van der Waals surface area contributed by atoms with E-state index in [1.807, 2.05) is 6.92 Å². The average Bonchev–Trinajstić information content (AvgIpc) is 1.85. The van der Waals surface area contributed by atoms with Crippen LogP contribution in [0.15, 0.2) is 0 Å². The fraction of sp³-hybridized carbons (Fsp3) is 0.875. The van der Waals surface area contributed by atoms with Crippen LogP contribution in [0.5, 0.6) is 0 Å². The van der Waals surface area contributed by atoms with E-state index in [-0.39, 0.29) is 18.3 Å². The van der Waals surface area contributed by atoms with Crippen LogP contribution >= 0.6 is 0 Å². The summed E-state index contributed by atoms with van der Waals surface area (Å²) < 4.78 is 0.893. The zero-order valence-electron chi connectivity index (χ0n) is 8.35. The molecule has 0 aromatic carbocycles. The highest BCUT2D eigenvalue weighted by Crippen LogP contribution is 1.86. The number of likely N-dealkylation sites (N-methyl/N-ethyl adjacent to an activating group) is 1. The van der Waals surface area contributed by atoms with Crippen LogP contribution in [0, 0.1) is 0 Å². The molecule has 4 heteroatoms. The first-order valence-corrected chi connectivity index (χ1v) is 4.03. The minimum atomic E-state index is 0. The van der Waals surface area contributed by atoms with Crippen LogP contribution in [0.2, 0.25) is 0 Å².